The van der Waals surface area contributed by atoms with Crippen molar-refractivity contribution in [2.75, 3.05) is 33.4 Å². The fourth-order valence-electron chi connectivity index (χ4n) is 0.958. The first-order valence-corrected chi connectivity index (χ1v) is 5.19. The number of nitrogens with zero attached hydrogens (tertiary/aromatic N) is 1. The van der Waals surface area contributed by atoms with E-state index < -0.39 is 12.8 Å². The molecule has 4 nitrogen and oxygen atoms in total. The Kier molecular flexibility index (Phi) is 12.7. The number of rotatable bonds is 7. The van der Waals surface area contributed by atoms with E-state index in [4.69, 9.17) is 0 Å². The second-order valence-electron chi connectivity index (χ2n) is 3.19. The fraction of sp³-hybridized carbons (Fsp3) is 0.700. The quantitative estimate of drug-likeness (QED) is 0.233. The molecule has 8 heteroatoms. The van der Waals surface area contributed by atoms with Crippen molar-refractivity contribution in [1.82, 2.24) is 10.6 Å². The van der Waals surface area contributed by atoms with E-state index in [0.717, 1.165) is 0 Å². The molecule has 0 aliphatic rings. The number of halogens is 4. The minimum Gasteiger partial charge on any atom is -0.372 e. The summed E-state index contributed by atoms with van der Waals surface area (Å²) in [4.78, 5) is 3.91. The molecule has 0 spiro atoms. The van der Waals surface area contributed by atoms with Gasteiger partial charge in [0.05, 0.1) is 0 Å². The maximum absolute atomic E-state index is 11.7. The summed E-state index contributed by atoms with van der Waals surface area (Å²) in [6, 6.07) is 0. The zero-order valence-corrected chi connectivity index (χ0v) is 12.5. The fourth-order valence-corrected chi connectivity index (χ4v) is 0.958. The number of ether oxygens (including phenoxy) is 1. The van der Waals surface area contributed by atoms with Gasteiger partial charge >= 0.3 is 6.18 Å². The van der Waals surface area contributed by atoms with Crippen LogP contribution in [0.3, 0.4) is 0 Å². The third-order valence-corrected chi connectivity index (χ3v) is 1.66. The van der Waals surface area contributed by atoms with Crippen LogP contribution in [0.25, 0.3) is 0 Å². The van der Waals surface area contributed by atoms with E-state index >= 15 is 0 Å². The highest BCUT2D eigenvalue weighted by Gasteiger charge is 2.27. The van der Waals surface area contributed by atoms with Gasteiger partial charge in [0.15, 0.2) is 5.96 Å². The Morgan fingerprint density at radius 2 is 2.06 bits per heavy atom. The summed E-state index contributed by atoms with van der Waals surface area (Å²) in [6.07, 6.45) is -2.10. The molecule has 2 N–H and O–H groups in total. The van der Waals surface area contributed by atoms with E-state index in [1.54, 1.807) is 13.1 Å². The molecule has 0 saturated carbocycles. The highest BCUT2D eigenvalue weighted by Crippen LogP contribution is 2.14. The summed E-state index contributed by atoms with van der Waals surface area (Å²) in [5.74, 6) is 0.584. The van der Waals surface area contributed by atoms with Crippen LogP contribution >= 0.6 is 24.0 Å². The van der Waals surface area contributed by atoms with Gasteiger partial charge in [0.1, 0.15) is 6.61 Å². The highest BCUT2D eigenvalue weighted by atomic mass is 127. The molecular formula is C10H19F3IN3O. The lowest BCUT2D eigenvalue weighted by Crippen LogP contribution is -2.38. The zero-order valence-electron chi connectivity index (χ0n) is 10.2. The van der Waals surface area contributed by atoms with Crippen molar-refractivity contribution >= 4 is 29.9 Å². The van der Waals surface area contributed by atoms with Gasteiger partial charge in [-0.2, -0.15) is 13.2 Å². The minimum atomic E-state index is -4.25. The van der Waals surface area contributed by atoms with Crippen molar-refractivity contribution in [1.29, 1.82) is 0 Å². The Labute approximate surface area is 122 Å². The lowest BCUT2D eigenvalue weighted by Gasteiger charge is -2.11. The average Bonchev–Trinajstić information content (AvgIpc) is 2.25. The number of guanidine groups is 1. The van der Waals surface area contributed by atoms with Crippen LogP contribution in [0.4, 0.5) is 13.2 Å². The van der Waals surface area contributed by atoms with Crippen LogP contribution < -0.4 is 10.6 Å². The maximum atomic E-state index is 11.7. The topological polar surface area (TPSA) is 45.7 Å². The number of hydrogen-bond donors (Lipinski definition) is 2. The van der Waals surface area contributed by atoms with Gasteiger partial charge in [-0.3, -0.25) is 4.99 Å². The van der Waals surface area contributed by atoms with Gasteiger partial charge in [-0.1, -0.05) is 6.08 Å². The van der Waals surface area contributed by atoms with Crippen LogP contribution in [0, 0.1) is 0 Å². The molecule has 18 heavy (non-hydrogen) atoms. The third-order valence-electron chi connectivity index (χ3n) is 1.66. The van der Waals surface area contributed by atoms with Crippen molar-refractivity contribution < 1.29 is 17.9 Å². The summed E-state index contributed by atoms with van der Waals surface area (Å²) in [7, 11) is 1.61. The van der Waals surface area contributed by atoms with Gasteiger partial charge in [0.25, 0.3) is 0 Å². The van der Waals surface area contributed by atoms with Crippen LogP contribution in [0.1, 0.15) is 6.42 Å². The molecule has 0 aromatic carbocycles. The summed E-state index contributed by atoms with van der Waals surface area (Å²) < 4.78 is 39.6. The Morgan fingerprint density at radius 3 is 2.56 bits per heavy atom. The Balaban J connectivity index is 0. The molecule has 0 aromatic heterocycles. The van der Waals surface area contributed by atoms with Gasteiger partial charge < -0.3 is 15.4 Å². The van der Waals surface area contributed by atoms with Crippen LogP contribution in [-0.2, 0) is 4.74 Å². The largest absolute Gasteiger partial charge is 0.411 e. The summed E-state index contributed by atoms with van der Waals surface area (Å²) >= 11 is 0. The molecule has 0 fully saturated rings. The first-order chi connectivity index (χ1) is 7.99. The molecule has 108 valence electrons. The zero-order chi connectivity index (χ0) is 13.1. The molecule has 0 saturated heterocycles. The number of alkyl halides is 3. The predicted molar refractivity (Wildman–Crippen MR) is 76.5 cm³/mol. The van der Waals surface area contributed by atoms with Gasteiger partial charge in [-0.05, 0) is 6.42 Å². The molecule has 0 rings (SSSR count). The van der Waals surface area contributed by atoms with Crippen molar-refractivity contribution in [3.63, 3.8) is 0 Å². The average molecular weight is 381 g/mol. The molecular weight excluding hydrogens is 362 g/mol. The van der Waals surface area contributed by atoms with E-state index in [-0.39, 0.29) is 30.6 Å². The Hall–Kier alpha value is -0.510. The summed E-state index contributed by atoms with van der Waals surface area (Å²) in [6.45, 7) is 3.47. The van der Waals surface area contributed by atoms with Crippen LogP contribution in [-0.4, -0.2) is 45.5 Å². The molecule has 0 aliphatic heterocycles. The van der Waals surface area contributed by atoms with E-state index in [1.165, 1.54) is 0 Å². The SMILES string of the molecule is C=CCNC(=NC)NCCCOCC(F)(F)F.I. The standard InChI is InChI=1S/C10H18F3N3O.HI/c1-3-5-15-9(14-2)16-6-4-7-17-8-10(11,12)13;/h3H,1,4-8H2,2H3,(H2,14,15,16);1H. The lowest BCUT2D eigenvalue weighted by molar-refractivity contribution is -0.173. The van der Waals surface area contributed by atoms with Gasteiger partial charge in [-0.15, -0.1) is 30.6 Å². The lowest BCUT2D eigenvalue weighted by atomic mass is 10.4. The Bertz CT molecular complexity index is 247. The summed E-state index contributed by atoms with van der Waals surface area (Å²) in [5, 5.41) is 5.87. The predicted octanol–water partition coefficient (Wildman–Crippen LogP) is 1.92. The number of aliphatic imine (C=N–C) groups is 1. The molecule has 0 radical (unpaired) electrons. The first kappa shape index (κ1) is 19.8. The highest BCUT2D eigenvalue weighted by molar-refractivity contribution is 14.0. The smallest absolute Gasteiger partial charge is 0.372 e. The summed E-state index contributed by atoms with van der Waals surface area (Å²) in [5.41, 5.74) is 0. The van der Waals surface area contributed by atoms with E-state index in [2.05, 4.69) is 26.9 Å². The number of nitrogens with one attached hydrogen (secondary N) is 2. The maximum Gasteiger partial charge on any atom is 0.411 e. The minimum absolute atomic E-state index is 0. The monoisotopic (exact) mass is 381 g/mol. The molecule has 0 amide bonds. The first-order valence-electron chi connectivity index (χ1n) is 5.19. The van der Waals surface area contributed by atoms with Crippen molar-refractivity contribution in [2.45, 2.75) is 12.6 Å². The van der Waals surface area contributed by atoms with Crippen molar-refractivity contribution in [2.24, 2.45) is 4.99 Å². The van der Waals surface area contributed by atoms with Crippen LogP contribution in [0.15, 0.2) is 17.6 Å². The van der Waals surface area contributed by atoms with E-state index in [0.29, 0.717) is 25.5 Å². The van der Waals surface area contributed by atoms with Crippen molar-refractivity contribution in [3.05, 3.63) is 12.7 Å². The van der Waals surface area contributed by atoms with Gasteiger partial charge in [0.2, 0.25) is 0 Å². The van der Waals surface area contributed by atoms with E-state index in [1.807, 2.05) is 0 Å². The van der Waals surface area contributed by atoms with Crippen LogP contribution in [0.5, 0.6) is 0 Å². The second kappa shape index (κ2) is 11.6. The Morgan fingerprint density at radius 1 is 1.39 bits per heavy atom. The second-order valence-corrected chi connectivity index (χ2v) is 3.19. The molecule has 0 aliphatic carbocycles. The molecule has 0 bridgehead atoms. The molecule has 0 aromatic rings. The molecule has 0 atom stereocenters. The third kappa shape index (κ3) is 13.6. The van der Waals surface area contributed by atoms with E-state index in [9.17, 15) is 13.2 Å². The normalized spacial score (nSPS) is 11.7. The van der Waals surface area contributed by atoms with Crippen molar-refractivity contribution in [3.8, 4) is 0 Å². The van der Waals surface area contributed by atoms with Gasteiger partial charge in [-0.25, -0.2) is 0 Å². The van der Waals surface area contributed by atoms with Crippen LogP contribution in [0.2, 0.25) is 0 Å². The molecule has 0 heterocycles. The molecule has 0 unspecified atom stereocenters. The van der Waals surface area contributed by atoms with Gasteiger partial charge in [0, 0.05) is 26.7 Å². The number of hydrogen-bond acceptors (Lipinski definition) is 2.